The summed E-state index contributed by atoms with van der Waals surface area (Å²) in [6, 6.07) is 29.2. The van der Waals surface area contributed by atoms with E-state index in [-0.39, 0.29) is 12.6 Å². The first-order valence-corrected chi connectivity index (χ1v) is 11.1. The van der Waals surface area contributed by atoms with Crippen LogP contribution in [0, 0.1) is 0 Å². The molecule has 0 saturated carbocycles. The molecule has 0 aromatic heterocycles. The maximum absolute atomic E-state index is 13.0. The Kier molecular flexibility index (Phi) is 5.98. The Morgan fingerprint density at radius 3 is 1.30 bits per heavy atom. The van der Waals surface area contributed by atoms with E-state index in [2.05, 4.69) is 0 Å². The van der Waals surface area contributed by atoms with Crippen molar-refractivity contribution in [2.24, 2.45) is 0 Å². The molecule has 0 unspecified atom stereocenters. The number of alkyl halides is 3. The summed E-state index contributed by atoms with van der Waals surface area (Å²) >= 11 is 0. The molecule has 3 aromatic rings. The minimum atomic E-state index is -4.61. The van der Waals surface area contributed by atoms with Crippen molar-refractivity contribution in [3.63, 3.8) is 0 Å². The monoisotopic (exact) mass is 390 g/mol. The Morgan fingerprint density at radius 2 is 1.00 bits per heavy atom. The van der Waals surface area contributed by atoms with Crippen LogP contribution in [-0.4, -0.2) is 23.5 Å². The van der Waals surface area contributed by atoms with Crippen molar-refractivity contribution in [3.8, 4) is 0 Å². The zero-order valence-electron chi connectivity index (χ0n) is 14.7. The van der Waals surface area contributed by atoms with Gasteiger partial charge in [-0.15, -0.1) is 0 Å². The van der Waals surface area contributed by atoms with Crippen LogP contribution in [0.4, 0.5) is 13.2 Å². The molecule has 0 heterocycles. The molecule has 1 N–H and O–H groups in total. The second-order valence-corrected chi connectivity index (χ2v) is 10.6. The molecular weight excluding hydrogens is 368 g/mol. The standard InChI is InChI=1S/C22H22F3OP/c23-22(24,25)21(26)16-17-27(18-10-4-1-5-11-18,19-12-6-2-7-13-19)20-14-8-3-9-15-20/h1-15,21,26-27H,16-17H2/t21-/m1/s1. The van der Waals surface area contributed by atoms with Gasteiger partial charge < -0.3 is 0 Å². The molecule has 1 atom stereocenters. The normalized spacial score (nSPS) is 13.9. The number of aliphatic hydroxyl groups is 1. The zero-order chi connectivity index (χ0) is 19.3. The van der Waals surface area contributed by atoms with Gasteiger partial charge in [0, 0.05) is 0 Å². The van der Waals surface area contributed by atoms with Gasteiger partial charge in [0.05, 0.1) is 0 Å². The molecule has 0 aliphatic rings. The fraction of sp³-hybridized carbons (Fsp3) is 0.182. The van der Waals surface area contributed by atoms with Crippen LogP contribution in [0.2, 0.25) is 0 Å². The molecule has 27 heavy (non-hydrogen) atoms. The Bertz CT molecular complexity index is 739. The summed E-state index contributed by atoms with van der Waals surface area (Å²) < 4.78 is 39.0. The van der Waals surface area contributed by atoms with E-state index in [9.17, 15) is 18.3 Å². The maximum atomic E-state index is 13.0. The first kappa shape index (κ1) is 19.6. The van der Waals surface area contributed by atoms with E-state index in [0.717, 1.165) is 15.9 Å². The van der Waals surface area contributed by atoms with Crippen LogP contribution in [0.5, 0.6) is 0 Å². The van der Waals surface area contributed by atoms with Crippen molar-refractivity contribution in [2.45, 2.75) is 18.7 Å². The fourth-order valence-corrected chi connectivity index (χ4v) is 8.47. The van der Waals surface area contributed by atoms with E-state index >= 15 is 0 Å². The van der Waals surface area contributed by atoms with E-state index < -0.39 is 19.5 Å². The van der Waals surface area contributed by atoms with Crippen LogP contribution in [0.3, 0.4) is 0 Å². The third kappa shape index (κ3) is 4.23. The van der Waals surface area contributed by atoms with Gasteiger partial charge in [0.2, 0.25) is 0 Å². The predicted octanol–water partition coefficient (Wildman–Crippen LogP) is 4.03. The predicted molar refractivity (Wildman–Crippen MR) is 108 cm³/mol. The summed E-state index contributed by atoms with van der Waals surface area (Å²) in [5.41, 5.74) is 0. The second-order valence-electron chi connectivity index (χ2n) is 6.60. The number of aliphatic hydroxyl groups excluding tert-OH is 1. The van der Waals surface area contributed by atoms with Crippen LogP contribution >= 0.6 is 7.26 Å². The molecule has 0 aliphatic carbocycles. The van der Waals surface area contributed by atoms with Crippen molar-refractivity contribution in [2.75, 3.05) is 6.16 Å². The topological polar surface area (TPSA) is 20.2 Å². The first-order valence-electron chi connectivity index (χ1n) is 8.86. The molecule has 0 aliphatic heterocycles. The van der Waals surface area contributed by atoms with Crippen molar-refractivity contribution in [1.82, 2.24) is 0 Å². The van der Waals surface area contributed by atoms with Gasteiger partial charge in [0.25, 0.3) is 0 Å². The Hall–Kier alpha value is -2.16. The Morgan fingerprint density at radius 1 is 0.667 bits per heavy atom. The van der Waals surface area contributed by atoms with E-state index in [4.69, 9.17) is 0 Å². The number of halogens is 3. The zero-order valence-corrected chi connectivity index (χ0v) is 15.7. The van der Waals surface area contributed by atoms with Gasteiger partial charge in [-0.1, -0.05) is 0 Å². The average Bonchev–Trinajstić information content (AvgIpc) is 2.70. The van der Waals surface area contributed by atoms with Gasteiger partial charge in [-0.2, -0.15) is 0 Å². The quantitative estimate of drug-likeness (QED) is 0.631. The molecule has 0 radical (unpaired) electrons. The fourth-order valence-electron chi connectivity index (χ4n) is 3.62. The average molecular weight is 390 g/mol. The number of rotatable bonds is 6. The van der Waals surface area contributed by atoms with Crippen LogP contribution in [-0.2, 0) is 0 Å². The molecular formula is C22H22F3OP. The second kappa shape index (κ2) is 8.24. The Labute approximate surface area is 157 Å². The van der Waals surface area contributed by atoms with Crippen molar-refractivity contribution in [3.05, 3.63) is 91.0 Å². The van der Waals surface area contributed by atoms with Gasteiger partial charge >= 0.3 is 157 Å². The SMILES string of the molecule is O[C@H](CC[PH](c1ccccc1)(c1ccccc1)c1ccccc1)C(F)(F)F. The number of hydrogen-bond acceptors (Lipinski definition) is 1. The summed E-state index contributed by atoms with van der Waals surface area (Å²) in [6.45, 7) is 0. The number of hydrogen-bond donors (Lipinski definition) is 1. The molecule has 0 fully saturated rings. The molecule has 142 valence electrons. The third-order valence-corrected chi connectivity index (χ3v) is 9.97. The molecule has 0 amide bonds. The molecule has 1 nitrogen and oxygen atoms in total. The van der Waals surface area contributed by atoms with Crippen LogP contribution in [0.1, 0.15) is 6.42 Å². The van der Waals surface area contributed by atoms with Crippen molar-refractivity contribution >= 4 is 23.2 Å². The summed E-state index contributed by atoms with van der Waals surface area (Å²) in [6.07, 6.45) is -6.98. The van der Waals surface area contributed by atoms with Crippen LogP contribution < -0.4 is 15.9 Å². The minimum absolute atomic E-state index is 0.270. The van der Waals surface area contributed by atoms with Crippen molar-refractivity contribution in [1.29, 1.82) is 0 Å². The molecule has 3 rings (SSSR count). The molecule has 5 heteroatoms. The molecule has 3 aromatic carbocycles. The van der Waals surface area contributed by atoms with Crippen LogP contribution in [0.15, 0.2) is 91.0 Å². The van der Waals surface area contributed by atoms with Gasteiger partial charge in [0.1, 0.15) is 0 Å². The van der Waals surface area contributed by atoms with E-state index in [1.54, 1.807) is 0 Å². The third-order valence-electron chi connectivity index (χ3n) is 4.97. The summed E-state index contributed by atoms with van der Waals surface area (Å²) in [4.78, 5) is 0. The van der Waals surface area contributed by atoms with Crippen LogP contribution in [0.25, 0.3) is 0 Å². The van der Waals surface area contributed by atoms with Gasteiger partial charge in [-0.3, -0.25) is 0 Å². The summed E-state index contributed by atoms with van der Waals surface area (Å²) in [5.74, 6) is 0. The van der Waals surface area contributed by atoms with E-state index in [1.165, 1.54) is 0 Å². The first-order chi connectivity index (χ1) is 12.9. The Balaban J connectivity index is 2.17. The molecule has 0 saturated heterocycles. The summed E-state index contributed by atoms with van der Waals surface area (Å²) in [7, 11) is -2.73. The number of benzene rings is 3. The van der Waals surface area contributed by atoms with Gasteiger partial charge in [-0.25, -0.2) is 0 Å². The van der Waals surface area contributed by atoms with E-state index in [1.807, 2.05) is 91.0 Å². The van der Waals surface area contributed by atoms with Gasteiger partial charge in [0.15, 0.2) is 0 Å². The molecule has 0 bridgehead atoms. The van der Waals surface area contributed by atoms with Gasteiger partial charge in [-0.05, 0) is 0 Å². The summed E-state index contributed by atoms with van der Waals surface area (Å²) in [5, 5.41) is 12.8. The molecule has 0 spiro atoms. The van der Waals surface area contributed by atoms with Crippen molar-refractivity contribution < 1.29 is 18.3 Å². The van der Waals surface area contributed by atoms with E-state index in [0.29, 0.717) is 0 Å².